The number of hydrogen-bond donors (Lipinski definition) is 2. The molecule has 0 heterocycles. The van der Waals surface area contributed by atoms with Gasteiger partial charge in [-0.3, -0.25) is 0 Å². The van der Waals surface area contributed by atoms with Gasteiger partial charge in [0.2, 0.25) is 0 Å². The smallest absolute Gasteiger partial charge is 0.321 e. The highest BCUT2D eigenvalue weighted by Crippen LogP contribution is 2.16. The van der Waals surface area contributed by atoms with Gasteiger partial charge in [0.05, 0.1) is 5.69 Å². The molecule has 3 N–H and O–H groups in total. The number of anilines is 2. The van der Waals surface area contributed by atoms with Gasteiger partial charge < -0.3 is 16.0 Å². The Morgan fingerprint density at radius 3 is 2.80 bits per heavy atom. The van der Waals surface area contributed by atoms with E-state index in [1.54, 1.807) is 7.05 Å². The molecule has 2 amide bonds. The Morgan fingerprint density at radius 1 is 1.60 bits per heavy atom. The van der Waals surface area contributed by atoms with Crippen molar-refractivity contribution in [1.82, 2.24) is 4.90 Å². The van der Waals surface area contributed by atoms with Gasteiger partial charge in [-0.2, -0.15) is 0 Å². The molecular weight excluding hydrogens is 197 g/mol. The number of benzene rings is 1. The molecule has 0 saturated heterocycles. The van der Waals surface area contributed by atoms with Crippen molar-refractivity contribution in [2.24, 2.45) is 0 Å². The van der Waals surface area contributed by atoms with Gasteiger partial charge in [0.15, 0.2) is 0 Å². The second-order valence-corrected chi connectivity index (χ2v) is 3.18. The highest BCUT2D eigenvalue weighted by molar-refractivity contribution is 5.89. The van der Waals surface area contributed by atoms with E-state index in [9.17, 15) is 9.18 Å². The number of halogens is 1. The van der Waals surface area contributed by atoms with Crippen LogP contribution in [-0.4, -0.2) is 24.5 Å². The van der Waals surface area contributed by atoms with E-state index in [0.717, 1.165) is 0 Å². The lowest BCUT2D eigenvalue weighted by molar-refractivity contribution is 0.224. The van der Waals surface area contributed by atoms with Crippen LogP contribution < -0.4 is 11.1 Å². The maximum atomic E-state index is 13.3. The van der Waals surface area contributed by atoms with Crippen LogP contribution >= 0.6 is 0 Å². The molecule has 0 aromatic heterocycles. The first-order valence-corrected chi connectivity index (χ1v) is 4.61. The third-order valence-electron chi connectivity index (χ3n) is 2.06. The number of nitrogens with one attached hydrogen (secondary N) is 1. The first-order chi connectivity index (χ1) is 7.04. The molecule has 0 bridgehead atoms. The van der Waals surface area contributed by atoms with Crippen molar-refractivity contribution in [2.45, 2.75) is 6.92 Å². The van der Waals surface area contributed by atoms with Crippen molar-refractivity contribution in [2.75, 3.05) is 24.6 Å². The summed E-state index contributed by atoms with van der Waals surface area (Å²) in [6, 6.07) is 3.79. The topological polar surface area (TPSA) is 58.4 Å². The van der Waals surface area contributed by atoms with Crippen molar-refractivity contribution in [1.29, 1.82) is 0 Å². The van der Waals surface area contributed by atoms with Gasteiger partial charge in [0.25, 0.3) is 0 Å². The number of nitrogens with two attached hydrogens (primary N) is 1. The van der Waals surface area contributed by atoms with Crippen LogP contribution in [0.1, 0.15) is 6.92 Å². The van der Waals surface area contributed by atoms with Crippen LogP contribution in [0.15, 0.2) is 18.2 Å². The monoisotopic (exact) mass is 211 g/mol. The van der Waals surface area contributed by atoms with Crippen LogP contribution in [0.4, 0.5) is 20.6 Å². The van der Waals surface area contributed by atoms with E-state index in [4.69, 9.17) is 5.73 Å². The van der Waals surface area contributed by atoms with Gasteiger partial charge in [-0.05, 0) is 25.1 Å². The highest BCUT2D eigenvalue weighted by atomic mass is 19.1. The number of carbonyl (C=O) groups excluding carboxylic acids is 1. The zero-order valence-corrected chi connectivity index (χ0v) is 8.75. The Kier molecular flexibility index (Phi) is 3.49. The molecule has 0 unspecified atom stereocenters. The maximum Gasteiger partial charge on any atom is 0.321 e. The summed E-state index contributed by atoms with van der Waals surface area (Å²) in [5, 5.41) is 2.44. The van der Waals surface area contributed by atoms with Crippen LogP contribution in [0.3, 0.4) is 0 Å². The summed E-state index contributed by atoms with van der Waals surface area (Å²) in [6.07, 6.45) is 0. The third kappa shape index (κ3) is 2.83. The molecule has 0 aliphatic carbocycles. The van der Waals surface area contributed by atoms with E-state index in [0.29, 0.717) is 12.2 Å². The van der Waals surface area contributed by atoms with Crippen LogP contribution in [0.2, 0.25) is 0 Å². The Bertz CT molecular complexity index is 368. The van der Waals surface area contributed by atoms with E-state index in [1.165, 1.54) is 23.1 Å². The Morgan fingerprint density at radius 2 is 2.27 bits per heavy atom. The Hall–Kier alpha value is -1.78. The minimum Gasteiger partial charge on any atom is -0.399 e. The van der Waals surface area contributed by atoms with E-state index in [-0.39, 0.29) is 11.7 Å². The summed E-state index contributed by atoms with van der Waals surface area (Å²) in [5.74, 6) is -0.534. The molecule has 82 valence electrons. The lowest BCUT2D eigenvalue weighted by Gasteiger charge is -2.15. The third-order valence-corrected chi connectivity index (χ3v) is 2.06. The first-order valence-electron chi connectivity index (χ1n) is 4.61. The highest BCUT2D eigenvalue weighted by Gasteiger charge is 2.09. The molecule has 0 fully saturated rings. The van der Waals surface area contributed by atoms with E-state index in [2.05, 4.69) is 5.32 Å². The van der Waals surface area contributed by atoms with Crippen molar-refractivity contribution in [3.63, 3.8) is 0 Å². The SMILES string of the molecule is CCN(C)C(=O)Nc1ccc(N)cc1F. The second-order valence-electron chi connectivity index (χ2n) is 3.18. The minimum absolute atomic E-state index is 0.134. The summed E-state index contributed by atoms with van der Waals surface area (Å²) in [4.78, 5) is 12.8. The fourth-order valence-corrected chi connectivity index (χ4v) is 0.987. The zero-order valence-electron chi connectivity index (χ0n) is 8.75. The van der Waals surface area contributed by atoms with Gasteiger partial charge in [-0.15, -0.1) is 0 Å². The van der Waals surface area contributed by atoms with Gasteiger partial charge in [-0.1, -0.05) is 0 Å². The number of nitrogen functional groups attached to an aromatic ring is 1. The van der Waals surface area contributed by atoms with Crippen LogP contribution in [-0.2, 0) is 0 Å². The van der Waals surface area contributed by atoms with Crippen molar-refractivity contribution < 1.29 is 9.18 Å². The zero-order chi connectivity index (χ0) is 11.4. The molecule has 0 aliphatic heterocycles. The number of hydrogen-bond acceptors (Lipinski definition) is 2. The number of nitrogens with zero attached hydrogens (tertiary/aromatic N) is 1. The van der Waals surface area contributed by atoms with Crippen molar-refractivity contribution in [3.05, 3.63) is 24.0 Å². The lowest BCUT2D eigenvalue weighted by atomic mass is 10.3. The molecule has 0 atom stereocenters. The van der Waals surface area contributed by atoms with Gasteiger partial charge in [0, 0.05) is 19.3 Å². The van der Waals surface area contributed by atoms with Gasteiger partial charge in [0.1, 0.15) is 5.82 Å². The normalized spacial score (nSPS) is 9.80. The molecular formula is C10H14FN3O. The molecule has 0 spiro atoms. The maximum absolute atomic E-state index is 13.3. The van der Waals surface area contributed by atoms with Gasteiger partial charge in [-0.25, -0.2) is 9.18 Å². The van der Waals surface area contributed by atoms with Crippen molar-refractivity contribution >= 4 is 17.4 Å². The molecule has 1 aromatic carbocycles. The van der Waals surface area contributed by atoms with Crippen LogP contribution in [0.25, 0.3) is 0 Å². The van der Waals surface area contributed by atoms with E-state index >= 15 is 0 Å². The number of rotatable bonds is 2. The largest absolute Gasteiger partial charge is 0.399 e. The average Bonchev–Trinajstić information content (AvgIpc) is 2.20. The Balaban J connectivity index is 2.77. The molecule has 0 radical (unpaired) electrons. The summed E-state index contributed by atoms with van der Waals surface area (Å²) in [6.45, 7) is 2.39. The number of carbonyl (C=O) groups is 1. The van der Waals surface area contributed by atoms with Crippen LogP contribution in [0.5, 0.6) is 0 Å². The number of amides is 2. The molecule has 1 rings (SSSR count). The fourth-order valence-electron chi connectivity index (χ4n) is 0.987. The first kappa shape index (κ1) is 11.3. The lowest BCUT2D eigenvalue weighted by Crippen LogP contribution is -2.31. The average molecular weight is 211 g/mol. The molecule has 4 nitrogen and oxygen atoms in total. The predicted octanol–water partition coefficient (Wildman–Crippen LogP) is 1.89. The van der Waals surface area contributed by atoms with E-state index < -0.39 is 5.82 Å². The molecule has 15 heavy (non-hydrogen) atoms. The quantitative estimate of drug-likeness (QED) is 0.734. The summed E-state index contributed by atoms with van der Waals surface area (Å²) >= 11 is 0. The summed E-state index contributed by atoms with van der Waals surface area (Å²) in [5.41, 5.74) is 5.84. The standard InChI is InChI=1S/C10H14FN3O/c1-3-14(2)10(15)13-9-5-4-7(12)6-8(9)11/h4-6H,3,12H2,1-2H3,(H,13,15). The molecule has 1 aromatic rings. The fraction of sp³-hybridized carbons (Fsp3) is 0.300. The summed E-state index contributed by atoms with van der Waals surface area (Å²) in [7, 11) is 1.63. The van der Waals surface area contributed by atoms with Crippen molar-refractivity contribution in [3.8, 4) is 0 Å². The van der Waals surface area contributed by atoms with E-state index in [1.807, 2.05) is 6.92 Å². The molecule has 0 saturated carbocycles. The van der Waals surface area contributed by atoms with Gasteiger partial charge >= 0.3 is 6.03 Å². The van der Waals surface area contributed by atoms with Crippen LogP contribution in [0, 0.1) is 5.82 Å². The molecule has 0 aliphatic rings. The minimum atomic E-state index is -0.534. The predicted molar refractivity (Wildman–Crippen MR) is 58.1 cm³/mol. The second kappa shape index (κ2) is 4.63. The molecule has 5 heteroatoms. The summed E-state index contributed by atoms with van der Waals surface area (Å²) < 4.78 is 13.3. The number of urea groups is 1. The Labute approximate surface area is 87.9 Å².